The van der Waals surface area contributed by atoms with Gasteiger partial charge in [-0.3, -0.25) is 4.79 Å². The highest BCUT2D eigenvalue weighted by molar-refractivity contribution is 6.30. The van der Waals surface area contributed by atoms with Gasteiger partial charge in [0.1, 0.15) is 0 Å². The van der Waals surface area contributed by atoms with Crippen LogP contribution in [-0.2, 0) is 11.2 Å². The fourth-order valence-electron chi connectivity index (χ4n) is 2.14. The zero-order valence-electron chi connectivity index (χ0n) is 12.9. The Hall–Kier alpha value is -1.84. The molecule has 0 fully saturated rings. The maximum absolute atomic E-state index is 12.0. The van der Waals surface area contributed by atoms with E-state index in [9.17, 15) is 4.79 Å². The van der Waals surface area contributed by atoms with Gasteiger partial charge in [0.05, 0.1) is 6.54 Å². The van der Waals surface area contributed by atoms with Crippen LogP contribution in [0.3, 0.4) is 0 Å². The Labute approximate surface area is 136 Å². The van der Waals surface area contributed by atoms with Crippen LogP contribution in [0.4, 0.5) is 5.69 Å². The second kappa shape index (κ2) is 7.97. The Morgan fingerprint density at radius 1 is 1.09 bits per heavy atom. The van der Waals surface area contributed by atoms with Crippen molar-refractivity contribution in [1.82, 2.24) is 5.32 Å². The van der Waals surface area contributed by atoms with E-state index in [4.69, 9.17) is 11.6 Å². The first kappa shape index (κ1) is 16.5. The second-order valence-electron chi connectivity index (χ2n) is 5.25. The molecular formula is C18H21ClN2O. The fraction of sp³-hybridized carbons (Fsp3) is 0.278. The van der Waals surface area contributed by atoms with Crippen molar-refractivity contribution in [2.75, 3.05) is 11.9 Å². The van der Waals surface area contributed by atoms with Crippen molar-refractivity contribution in [2.24, 2.45) is 0 Å². The molecule has 2 N–H and O–H groups in total. The van der Waals surface area contributed by atoms with Crippen LogP contribution in [0.15, 0.2) is 48.5 Å². The topological polar surface area (TPSA) is 41.1 Å². The quantitative estimate of drug-likeness (QED) is 0.839. The monoisotopic (exact) mass is 316 g/mol. The summed E-state index contributed by atoms with van der Waals surface area (Å²) in [4.78, 5) is 12.0. The smallest absolute Gasteiger partial charge is 0.238 e. The minimum absolute atomic E-state index is 0.0509. The summed E-state index contributed by atoms with van der Waals surface area (Å²) in [5, 5.41) is 6.80. The number of aryl methyl sites for hydroxylation is 1. The van der Waals surface area contributed by atoms with E-state index in [1.165, 1.54) is 5.56 Å². The van der Waals surface area contributed by atoms with Gasteiger partial charge in [0, 0.05) is 16.8 Å². The van der Waals surface area contributed by atoms with E-state index in [1.54, 1.807) is 0 Å². The molecule has 2 aromatic rings. The van der Waals surface area contributed by atoms with Gasteiger partial charge in [-0.05, 0) is 48.7 Å². The van der Waals surface area contributed by atoms with E-state index < -0.39 is 0 Å². The molecule has 3 nitrogen and oxygen atoms in total. The van der Waals surface area contributed by atoms with E-state index in [-0.39, 0.29) is 18.5 Å². The summed E-state index contributed by atoms with van der Waals surface area (Å²) in [6.45, 7) is 4.39. The van der Waals surface area contributed by atoms with Crippen LogP contribution in [0, 0.1) is 0 Å². The number of amides is 1. The number of benzene rings is 2. The Kier molecular flexibility index (Phi) is 5.99. The third-order valence-corrected chi connectivity index (χ3v) is 3.84. The first-order chi connectivity index (χ1) is 10.6. The maximum atomic E-state index is 12.0. The number of hydrogen-bond donors (Lipinski definition) is 2. The van der Waals surface area contributed by atoms with E-state index in [2.05, 4.69) is 17.6 Å². The van der Waals surface area contributed by atoms with Crippen LogP contribution in [0.25, 0.3) is 0 Å². The maximum Gasteiger partial charge on any atom is 0.238 e. The Bertz CT molecular complexity index is 608. The summed E-state index contributed by atoms with van der Waals surface area (Å²) in [7, 11) is 0. The molecule has 2 aromatic carbocycles. The largest absolute Gasteiger partial charge is 0.325 e. The van der Waals surface area contributed by atoms with Crippen molar-refractivity contribution in [2.45, 2.75) is 26.3 Å². The van der Waals surface area contributed by atoms with Gasteiger partial charge in [0.15, 0.2) is 0 Å². The number of hydrogen-bond acceptors (Lipinski definition) is 2. The first-order valence-corrected chi connectivity index (χ1v) is 7.84. The molecule has 0 aliphatic heterocycles. The highest BCUT2D eigenvalue weighted by atomic mass is 35.5. The van der Waals surface area contributed by atoms with Crippen LogP contribution in [0.5, 0.6) is 0 Å². The molecule has 2 rings (SSSR count). The molecule has 0 saturated heterocycles. The lowest BCUT2D eigenvalue weighted by molar-refractivity contribution is -0.115. The Morgan fingerprint density at radius 2 is 1.73 bits per heavy atom. The minimum atomic E-state index is -0.0509. The summed E-state index contributed by atoms with van der Waals surface area (Å²) >= 11 is 5.87. The molecule has 1 amide bonds. The minimum Gasteiger partial charge on any atom is -0.325 e. The molecule has 0 radical (unpaired) electrons. The summed E-state index contributed by atoms with van der Waals surface area (Å²) in [5.41, 5.74) is 3.18. The zero-order valence-corrected chi connectivity index (χ0v) is 13.7. The zero-order chi connectivity index (χ0) is 15.9. The van der Waals surface area contributed by atoms with Crippen LogP contribution in [-0.4, -0.2) is 12.5 Å². The van der Waals surface area contributed by atoms with Crippen molar-refractivity contribution in [3.63, 3.8) is 0 Å². The second-order valence-corrected chi connectivity index (χ2v) is 5.69. The van der Waals surface area contributed by atoms with Crippen molar-refractivity contribution >= 4 is 23.2 Å². The van der Waals surface area contributed by atoms with Gasteiger partial charge in [0.2, 0.25) is 5.91 Å². The lowest BCUT2D eigenvalue weighted by Gasteiger charge is -2.14. The molecule has 0 aromatic heterocycles. The van der Waals surface area contributed by atoms with Crippen LogP contribution >= 0.6 is 11.6 Å². The molecular weight excluding hydrogens is 296 g/mol. The number of nitrogens with one attached hydrogen (secondary N) is 2. The highest BCUT2D eigenvalue weighted by Crippen LogP contribution is 2.16. The highest BCUT2D eigenvalue weighted by Gasteiger charge is 2.08. The van der Waals surface area contributed by atoms with Gasteiger partial charge in [-0.2, -0.15) is 0 Å². The van der Waals surface area contributed by atoms with E-state index in [0.29, 0.717) is 5.02 Å². The van der Waals surface area contributed by atoms with Crippen molar-refractivity contribution in [3.05, 3.63) is 64.7 Å². The molecule has 0 spiro atoms. The number of rotatable bonds is 6. The average molecular weight is 317 g/mol. The Balaban J connectivity index is 1.82. The third-order valence-electron chi connectivity index (χ3n) is 3.58. The van der Waals surface area contributed by atoms with Gasteiger partial charge >= 0.3 is 0 Å². The molecule has 0 saturated carbocycles. The molecule has 116 valence electrons. The summed E-state index contributed by atoms with van der Waals surface area (Å²) < 4.78 is 0. The molecule has 0 unspecified atom stereocenters. The molecule has 0 heterocycles. The molecule has 0 bridgehead atoms. The molecule has 1 atom stereocenters. The molecule has 22 heavy (non-hydrogen) atoms. The van der Waals surface area contributed by atoms with Crippen molar-refractivity contribution < 1.29 is 4.79 Å². The van der Waals surface area contributed by atoms with E-state index in [0.717, 1.165) is 17.7 Å². The van der Waals surface area contributed by atoms with Crippen molar-refractivity contribution in [1.29, 1.82) is 0 Å². The van der Waals surface area contributed by atoms with Gasteiger partial charge in [-0.15, -0.1) is 0 Å². The summed E-state index contributed by atoms with van der Waals surface area (Å²) in [6.07, 6.45) is 0.994. The van der Waals surface area contributed by atoms with Crippen LogP contribution in [0.2, 0.25) is 5.02 Å². The number of anilines is 1. The first-order valence-electron chi connectivity index (χ1n) is 7.46. The van der Waals surface area contributed by atoms with E-state index in [1.807, 2.05) is 55.5 Å². The van der Waals surface area contributed by atoms with Gasteiger partial charge in [0.25, 0.3) is 0 Å². The fourth-order valence-corrected chi connectivity index (χ4v) is 2.27. The summed E-state index contributed by atoms with van der Waals surface area (Å²) in [5.74, 6) is -0.0509. The Morgan fingerprint density at radius 3 is 2.32 bits per heavy atom. The lowest BCUT2D eigenvalue weighted by Crippen LogP contribution is -2.30. The molecule has 0 aliphatic rings. The van der Waals surface area contributed by atoms with Gasteiger partial charge < -0.3 is 10.6 Å². The predicted octanol–water partition coefficient (Wildman–Crippen LogP) is 4.19. The van der Waals surface area contributed by atoms with E-state index >= 15 is 0 Å². The van der Waals surface area contributed by atoms with Gasteiger partial charge in [-0.25, -0.2) is 0 Å². The van der Waals surface area contributed by atoms with Crippen molar-refractivity contribution in [3.8, 4) is 0 Å². The number of halogens is 1. The third kappa shape index (κ3) is 4.86. The SMILES string of the molecule is CCc1ccc(NC(=O)CN[C@@H](C)c2ccc(Cl)cc2)cc1. The number of carbonyl (C=O) groups excluding carboxylic acids is 1. The lowest BCUT2D eigenvalue weighted by atomic mass is 10.1. The van der Waals surface area contributed by atoms with Crippen LogP contribution < -0.4 is 10.6 Å². The normalized spacial score (nSPS) is 12.0. The average Bonchev–Trinajstić information content (AvgIpc) is 2.54. The molecule has 4 heteroatoms. The number of carbonyl (C=O) groups is 1. The summed E-state index contributed by atoms with van der Waals surface area (Å²) in [6, 6.07) is 15.6. The van der Waals surface area contributed by atoms with Crippen LogP contribution in [0.1, 0.15) is 31.0 Å². The standard InChI is InChI=1S/C18H21ClN2O/c1-3-14-4-10-17(11-5-14)21-18(22)12-20-13(2)15-6-8-16(19)9-7-15/h4-11,13,20H,3,12H2,1-2H3,(H,21,22)/t13-/m0/s1. The van der Waals surface area contributed by atoms with Gasteiger partial charge in [-0.1, -0.05) is 42.8 Å². The molecule has 0 aliphatic carbocycles. The predicted molar refractivity (Wildman–Crippen MR) is 92.3 cm³/mol.